The highest BCUT2D eigenvalue weighted by Gasteiger charge is 2.14. The van der Waals surface area contributed by atoms with Gasteiger partial charge in [-0.25, -0.2) is 0 Å². The summed E-state index contributed by atoms with van der Waals surface area (Å²) in [6.45, 7) is 2.48. The van der Waals surface area contributed by atoms with Gasteiger partial charge in [0.05, 0.1) is 0 Å². The molecule has 0 aromatic heterocycles. The van der Waals surface area contributed by atoms with Crippen LogP contribution >= 0.6 is 15.9 Å². The molecule has 42 valence electrons. The highest BCUT2D eigenvalue weighted by molar-refractivity contribution is 9.09. The molecule has 0 radical (unpaired) electrons. The summed E-state index contributed by atoms with van der Waals surface area (Å²) in [5, 5.41) is 0. The summed E-state index contributed by atoms with van der Waals surface area (Å²) in [6, 6.07) is 0. The molecule has 0 spiro atoms. The second-order valence-corrected chi connectivity index (χ2v) is 3.44. The number of rotatable bonds is 0. The Morgan fingerprint density at radius 2 is 2.43 bits per heavy atom. The van der Waals surface area contributed by atoms with E-state index in [1.807, 2.05) is 0 Å². The van der Waals surface area contributed by atoms with Gasteiger partial charge in [0.15, 0.2) is 0 Å². The van der Waals surface area contributed by atoms with Crippen molar-refractivity contribution >= 4 is 15.9 Å². The lowest BCUT2D eigenvalue weighted by atomic mass is 10.4. The lowest BCUT2D eigenvalue weighted by Crippen LogP contribution is -2.13. The van der Waals surface area contributed by atoms with E-state index < -0.39 is 0 Å². The van der Waals surface area contributed by atoms with E-state index in [-0.39, 0.29) is 0 Å². The zero-order valence-corrected chi connectivity index (χ0v) is 6.11. The van der Waals surface area contributed by atoms with E-state index in [0.29, 0.717) is 0 Å². The highest BCUT2D eigenvalue weighted by atomic mass is 79.9. The van der Waals surface area contributed by atoms with Gasteiger partial charge in [-0.3, -0.25) is 0 Å². The number of hydrogen-bond donors (Lipinski definition) is 0. The van der Waals surface area contributed by atoms with Crippen molar-refractivity contribution < 1.29 is 0 Å². The fraction of sp³-hybridized carbons (Fsp3) is 1.00. The number of nitrogens with zero attached hydrogens (tertiary/aromatic N) is 1. The minimum Gasteiger partial charge on any atom is -0.305 e. The van der Waals surface area contributed by atoms with Crippen LogP contribution in [0.4, 0.5) is 0 Å². The number of alkyl halides is 1. The zero-order valence-electron chi connectivity index (χ0n) is 4.52. The average Bonchev–Trinajstić information content (AvgIpc) is 1.87. The molecule has 1 aliphatic rings. The molecule has 1 rings (SSSR count). The maximum absolute atomic E-state index is 3.54. The molecular formula is C5H10BrN. The Morgan fingerprint density at radius 3 is 2.57 bits per heavy atom. The number of halogens is 1. The first-order chi connectivity index (χ1) is 3.29. The quantitative estimate of drug-likeness (QED) is 0.484. The molecule has 0 N–H and O–H groups in total. The molecular weight excluding hydrogens is 154 g/mol. The van der Waals surface area contributed by atoms with Gasteiger partial charge < -0.3 is 4.90 Å². The minimum atomic E-state index is 0.762. The van der Waals surface area contributed by atoms with E-state index in [9.17, 15) is 0 Å². The molecule has 0 unspecified atom stereocenters. The van der Waals surface area contributed by atoms with Gasteiger partial charge in [-0.2, -0.15) is 0 Å². The largest absolute Gasteiger partial charge is 0.305 e. The van der Waals surface area contributed by atoms with Crippen molar-refractivity contribution in [2.45, 2.75) is 11.2 Å². The van der Waals surface area contributed by atoms with Crippen LogP contribution in [0.25, 0.3) is 0 Å². The summed E-state index contributed by atoms with van der Waals surface area (Å²) >= 11 is 3.54. The molecule has 0 aliphatic carbocycles. The summed E-state index contributed by atoms with van der Waals surface area (Å²) in [4.78, 5) is 3.09. The molecule has 0 aromatic carbocycles. The standard InChI is InChI=1S/C5H10BrN/c1-7-3-2-5(6)4-7/h5H,2-4H2,1H3/t5-/m0/s1. The minimum absolute atomic E-state index is 0.762. The Bertz CT molecular complexity index is 57.1. The molecule has 1 aliphatic heterocycles. The normalized spacial score (nSPS) is 34.3. The second-order valence-electron chi connectivity index (χ2n) is 2.15. The molecule has 1 nitrogen and oxygen atoms in total. The van der Waals surface area contributed by atoms with E-state index in [1.165, 1.54) is 19.5 Å². The van der Waals surface area contributed by atoms with E-state index >= 15 is 0 Å². The van der Waals surface area contributed by atoms with Gasteiger partial charge in [0, 0.05) is 11.4 Å². The van der Waals surface area contributed by atoms with E-state index in [1.54, 1.807) is 0 Å². The summed E-state index contributed by atoms with van der Waals surface area (Å²) in [5.41, 5.74) is 0. The molecule has 1 atom stereocenters. The van der Waals surface area contributed by atoms with Gasteiger partial charge in [0.25, 0.3) is 0 Å². The van der Waals surface area contributed by atoms with Crippen LogP contribution in [0.15, 0.2) is 0 Å². The third-order valence-electron chi connectivity index (χ3n) is 1.33. The van der Waals surface area contributed by atoms with Crippen LogP contribution in [0.2, 0.25) is 0 Å². The lowest BCUT2D eigenvalue weighted by Gasteiger charge is -2.02. The van der Waals surface area contributed by atoms with Gasteiger partial charge in [-0.15, -0.1) is 0 Å². The first-order valence-electron chi connectivity index (χ1n) is 2.61. The molecule has 1 heterocycles. The van der Waals surface area contributed by atoms with Crippen LogP contribution in [0.3, 0.4) is 0 Å². The molecule has 0 amide bonds. The third-order valence-corrected chi connectivity index (χ3v) is 2.08. The van der Waals surface area contributed by atoms with Crippen LogP contribution in [0.1, 0.15) is 6.42 Å². The van der Waals surface area contributed by atoms with Gasteiger partial charge >= 0.3 is 0 Å². The lowest BCUT2D eigenvalue weighted by molar-refractivity contribution is 0.419. The van der Waals surface area contributed by atoms with Gasteiger partial charge in [0.2, 0.25) is 0 Å². The molecule has 1 fully saturated rings. The fourth-order valence-corrected chi connectivity index (χ4v) is 1.58. The van der Waals surface area contributed by atoms with Gasteiger partial charge in [-0.05, 0) is 20.0 Å². The van der Waals surface area contributed by atoms with E-state index in [4.69, 9.17) is 0 Å². The SMILES string of the molecule is CN1CC[C@H](Br)C1. The maximum Gasteiger partial charge on any atom is 0.0285 e. The number of hydrogen-bond acceptors (Lipinski definition) is 1. The van der Waals surface area contributed by atoms with Crippen LogP contribution < -0.4 is 0 Å². The summed E-state index contributed by atoms with van der Waals surface area (Å²) in [7, 11) is 2.15. The first-order valence-corrected chi connectivity index (χ1v) is 3.53. The molecule has 0 bridgehead atoms. The fourth-order valence-electron chi connectivity index (χ4n) is 0.881. The van der Waals surface area contributed by atoms with Crippen molar-refractivity contribution in [2.24, 2.45) is 0 Å². The summed E-state index contributed by atoms with van der Waals surface area (Å²) in [5.74, 6) is 0. The first kappa shape index (κ1) is 5.57. The van der Waals surface area contributed by atoms with Crippen molar-refractivity contribution in [3.05, 3.63) is 0 Å². The average molecular weight is 164 g/mol. The summed E-state index contributed by atoms with van der Waals surface area (Å²) in [6.07, 6.45) is 1.32. The van der Waals surface area contributed by atoms with Crippen molar-refractivity contribution in [2.75, 3.05) is 20.1 Å². The zero-order chi connectivity index (χ0) is 5.28. The molecule has 0 saturated carbocycles. The maximum atomic E-state index is 3.54. The van der Waals surface area contributed by atoms with Crippen molar-refractivity contribution in [3.63, 3.8) is 0 Å². The van der Waals surface area contributed by atoms with Crippen LogP contribution in [-0.2, 0) is 0 Å². The Labute approximate surface area is 52.8 Å². The second kappa shape index (κ2) is 2.14. The van der Waals surface area contributed by atoms with Crippen molar-refractivity contribution in [1.82, 2.24) is 4.90 Å². The van der Waals surface area contributed by atoms with Crippen molar-refractivity contribution in [1.29, 1.82) is 0 Å². The predicted octanol–water partition coefficient (Wildman–Crippen LogP) is 1.09. The predicted molar refractivity (Wildman–Crippen MR) is 34.8 cm³/mol. The third kappa shape index (κ3) is 1.42. The van der Waals surface area contributed by atoms with Crippen LogP contribution in [0.5, 0.6) is 0 Å². The van der Waals surface area contributed by atoms with E-state index in [0.717, 1.165) is 4.83 Å². The molecule has 7 heavy (non-hydrogen) atoms. The Balaban J connectivity index is 2.26. The van der Waals surface area contributed by atoms with Gasteiger partial charge in [0.1, 0.15) is 0 Å². The van der Waals surface area contributed by atoms with Gasteiger partial charge in [-0.1, -0.05) is 15.9 Å². The van der Waals surface area contributed by atoms with Crippen molar-refractivity contribution in [3.8, 4) is 0 Å². The van der Waals surface area contributed by atoms with Crippen LogP contribution in [0, 0.1) is 0 Å². The van der Waals surface area contributed by atoms with E-state index in [2.05, 4.69) is 27.9 Å². The Kier molecular flexibility index (Phi) is 1.70. The molecule has 0 aromatic rings. The number of likely N-dealkylation sites (tertiary alicyclic amines) is 1. The molecule has 2 heteroatoms. The Hall–Kier alpha value is 0.440. The highest BCUT2D eigenvalue weighted by Crippen LogP contribution is 2.13. The summed E-state index contributed by atoms with van der Waals surface area (Å²) < 4.78 is 0. The smallest absolute Gasteiger partial charge is 0.0285 e. The van der Waals surface area contributed by atoms with Crippen LogP contribution in [-0.4, -0.2) is 29.9 Å². The molecule has 1 saturated heterocycles. The topological polar surface area (TPSA) is 3.24 Å². The Morgan fingerprint density at radius 1 is 1.71 bits per heavy atom. The monoisotopic (exact) mass is 163 g/mol.